The van der Waals surface area contributed by atoms with E-state index in [0.29, 0.717) is 23.9 Å². The number of amides is 1. The third-order valence-electron chi connectivity index (χ3n) is 3.86. The third-order valence-corrected chi connectivity index (χ3v) is 3.86. The monoisotopic (exact) mass is 357 g/mol. The molecule has 0 radical (unpaired) electrons. The fraction of sp³-hybridized carbons (Fsp3) is 0.412. The first-order chi connectivity index (χ1) is 12.7. The molecule has 138 valence electrons. The topological polar surface area (TPSA) is 117 Å². The quantitative estimate of drug-likeness (QED) is 0.535. The lowest BCUT2D eigenvalue weighted by Gasteiger charge is -2.15. The molecule has 0 aliphatic heterocycles. The van der Waals surface area contributed by atoms with Crippen LogP contribution in [0.4, 0.5) is 11.6 Å². The smallest absolute Gasteiger partial charge is 0.278 e. The molecule has 0 aromatic carbocycles. The number of anilines is 2. The highest BCUT2D eigenvalue weighted by Crippen LogP contribution is 2.26. The van der Waals surface area contributed by atoms with E-state index in [1.807, 2.05) is 13.0 Å². The fourth-order valence-electron chi connectivity index (χ4n) is 2.64. The summed E-state index contributed by atoms with van der Waals surface area (Å²) in [6.45, 7) is 5.29. The minimum atomic E-state index is -0.350. The Morgan fingerprint density at radius 2 is 2.08 bits per heavy atom. The highest BCUT2D eigenvalue weighted by Gasteiger charge is 2.25. The molecule has 0 saturated carbocycles. The molecule has 9 heteroatoms. The molecule has 0 bridgehead atoms. The maximum atomic E-state index is 12.7. The maximum Gasteiger partial charge on any atom is 0.278 e. The summed E-state index contributed by atoms with van der Waals surface area (Å²) in [5.74, 6) is 0.693. The Labute approximate surface area is 151 Å². The van der Waals surface area contributed by atoms with Crippen LogP contribution in [0.1, 0.15) is 48.4 Å². The zero-order valence-corrected chi connectivity index (χ0v) is 14.9. The largest absolute Gasteiger partial charge is 0.369 e. The highest BCUT2D eigenvalue weighted by atomic mass is 16.6. The second-order valence-electron chi connectivity index (χ2n) is 5.80. The van der Waals surface area contributed by atoms with Gasteiger partial charge in [-0.05, 0) is 38.3 Å². The molecule has 9 nitrogen and oxygen atoms in total. The van der Waals surface area contributed by atoms with Crippen molar-refractivity contribution in [3.05, 3.63) is 35.2 Å². The molecular weight excluding hydrogens is 334 g/mol. The van der Waals surface area contributed by atoms with Gasteiger partial charge >= 0.3 is 0 Å². The van der Waals surface area contributed by atoms with Crippen LogP contribution in [-0.4, -0.2) is 39.5 Å². The number of aromatic nitrogens is 4. The summed E-state index contributed by atoms with van der Waals surface area (Å²) in [5.41, 5.74) is 5.57. The van der Waals surface area contributed by atoms with E-state index in [9.17, 15) is 4.79 Å². The number of H-pyrrole nitrogens is 1. The van der Waals surface area contributed by atoms with Crippen molar-refractivity contribution < 1.29 is 9.63 Å². The zero-order chi connectivity index (χ0) is 18.4. The Kier molecular flexibility index (Phi) is 5.80. The van der Waals surface area contributed by atoms with Crippen molar-refractivity contribution in [3.8, 4) is 0 Å². The van der Waals surface area contributed by atoms with Crippen LogP contribution in [0.3, 0.4) is 0 Å². The first-order valence-corrected chi connectivity index (χ1v) is 8.77. The third kappa shape index (κ3) is 3.99. The number of carbonyl (C=O) groups is 1. The predicted molar refractivity (Wildman–Crippen MR) is 98.4 cm³/mol. The van der Waals surface area contributed by atoms with Crippen molar-refractivity contribution in [2.45, 2.75) is 33.1 Å². The summed E-state index contributed by atoms with van der Waals surface area (Å²) in [4.78, 5) is 17.9. The van der Waals surface area contributed by atoms with E-state index in [1.54, 1.807) is 12.1 Å². The van der Waals surface area contributed by atoms with Gasteiger partial charge in [0.1, 0.15) is 5.82 Å². The molecule has 1 aliphatic rings. The minimum Gasteiger partial charge on any atom is -0.369 e. The van der Waals surface area contributed by atoms with Gasteiger partial charge in [-0.15, -0.1) is 10.2 Å². The van der Waals surface area contributed by atoms with Crippen LogP contribution < -0.4 is 16.1 Å². The summed E-state index contributed by atoms with van der Waals surface area (Å²) < 4.78 is 0. The van der Waals surface area contributed by atoms with Crippen LogP contribution in [0.5, 0.6) is 0 Å². The number of hydrogen-bond acceptors (Lipinski definition) is 7. The second-order valence-corrected chi connectivity index (χ2v) is 5.80. The van der Waals surface area contributed by atoms with Gasteiger partial charge in [0.15, 0.2) is 11.5 Å². The van der Waals surface area contributed by atoms with Crippen LogP contribution in [0.25, 0.3) is 5.70 Å². The Balaban J connectivity index is 1.73. The maximum absolute atomic E-state index is 12.7. The first-order valence-electron chi connectivity index (χ1n) is 8.77. The second kappa shape index (κ2) is 8.43. The highest BCUT2D eigenvalue weighted by molar-refractivity contribution is 6.05. The summed E-state index contributed by atoms with van der Waals surface area (Å²) in [5, 5.41) is 21.1. The molecule has 0 unspecified atom stereocenters. The molecule has 0 atom stereocenters. The van der Waals surface area contributed by atoms with E-state index >= 15 is 0 Å². The molecule has 1 aliphatic carbocycles. The molecule has 1 amide bonds. The van der Waals surface area contributed by atoms with Gasteiger partial charge in [0, 0.05) is 12.2 Å². The number of nitrogens with zero attached hydrogens (tertiary/aromatic N) is 3. The number of fused-ring (bicyclic) bond motifs is 1. The van der Waals surface area contributed by atoms with Crippen molar-refractivity contribution in [1.29, 1.82) is 0 Å². The van der Waals surface area contributed by atoms with Crippen LogP contribution in [0, 0.1) is 0 Å². The lowest BCUT2D eigenvalue weighted by Crippen LogP contribution is -2.20. The van der Waals surface area contributed by atoms with Gasteiger partial charge in [0.05, 0.1) is 17.9 Å². The van der Waals surface area contributed by atoms with Crippen molar-refractivity contribution in [3.63, 3.8) is 0 Å². The van der Waals surface area contributed by atoms with E-state index in [0.717, 1.165) is 42.8 Å². The molecule has 26 heavy (non-hydrogen) atoms. The van der Waals surface area contributed by atoms with Crippen molar-refractivity contribution >= 4 is 23.2 Å². The van der Waals surface area contributed by atoms with Gasteiger partial charge < -0.3 is 10.6 Å². The zero-order valence-electron chi connectivity index (χ0n) is 14.9. The van der Waals surface area contributed by atoms with E-state index in [4.69, 9.17) is 4.84 Å². The molecule has 0 spiro atoms. The average Bonchev–Trinajstić information content (AvgIpc) is 3.10. The Morgan fingerprint density at radius 1 is 1.27 bits per heavy atom. The van der Waals surface area contributed by atoms with Gasteiger partial charge in [0.2, 0.25) is 0 Å². The summed E-state index contributed by atoms with van der Waals surface area (Å²) in [7, 11) is 0. The molecular formula is C17H23N7O2. The number of carbonyl (C=O) groups excluding carboxylic acids is 1. The van der Waals surface area contributed by atoms with Gasteiger partial charge in [-0.25, -0.2) is 0 Å². The molecule has 2 heterocycles. The molecule has 2 aromatic rings. The van der Waals surface area contributed by atoms with Gasteiger partial charge in [-0.3, -0.25) is 20.2 Å². The molecule has 0 fully saturated rings. The van der Waals surface area contributed by atoms with E-state index in [-0.39, 0.29) is 5.91 Å². The Morgan fingerprint density at radius 3 is 2.81 bits per heavy atom. The molecule has 2 aromatic heterocycles. The fourth-order valence-corrected chi connectivity index (χ4v) is 2.64. The lowest BCUT2D eigenvalue weighted by atomic mass is 9.99. The standard InChI is InChI=1S/C17H23N7O2/c1-3-10-18-13-8-9-14(22-21-13)19-17(25)16-15-11(20-23-16)6-5-7-12(15)24-26-4-2/h7-9,24H,3-6,10H2,1-2H3,(H,18,21)(H,20,23)(H,19,22,25). The van der Waals surface area contributed by atoms with Gasteiger partial charge in [-0.2, -0.15) is 5.10 Å². The number of hydroxylamine groups is 1. The van der Waals surface area contributed by atoms with E-state index in [1.165, 1.54) is 0 Å². The minimum absolute atomic E-state index is 0.299. The predicted octanol–water partition coefficient (Wildman–Crippen LogP) is 2.10. The molecule has 3 rings (SSSR count). The van der Waals surface area contributed by atoms with Gasteiger partial charge in [-0.1, -0.05) is 13.0 Å². The summed E-state index contributed by atoms with van der Waals surface area (Å²) in [6.07, 6.45) is 4.64. The van der Waals surface area contributed by atoms with Crippen molar-refractivity contribution in [2.75, 3.05) is 23.8 Å². The summed E-state index contributed by atoms with van der Waals surface area (Å²) >= 11 is 0. The Hall–Kier alpha value is -2.94. The van der Waals surface area contributed by atoms with Crippen LogP contribution >= 0.6 is 0 Å². The molecule has 4 N–H and O–H groups in total. The normalized spacial score (nSPS) is 12.9. The van der Waals surface area contributed by atoms with Crippen molar-refractivity contribution in [2.24, 2.45) is 0 Å². The number of rotatable bonds is 8. The number of aryl methyl sites for hydroxylation is 1. The van der Waals surface area contributed by atoms with Crippen LogP contribution in [0.15, 0.2) is 18.2 Å². The van der Waals surface area contributed by atoms with Crippen molar-refractivity contribution in [1.82, 2.24) is 25.9 Å². The number of nitrogens with one attached hydrogen (secondary N) is 4. The van der Waals surface area contributed by atoms with Gasteiger partial charge in [0.25, 0.3) is 5.91 Å². The van der Waals surface area contributed by atoms with E-state index < -0.39 is 0 Å². The average molecular weight is 357 g/mol. The number of aromatic amines is 1. The first kappa shape index (κ1) is 17.9. The molecule has 0 saturated heterocycles. The van der Waals surface area contributed by atoms with E-state index in [2.05, 4.69) is 43.4 Å². The number of allylic oxidation sites excluding steroid dienone is 1. The number of hydrogen-bond donors (Lipinski definition) is 4. The SMILES string of the molecule is CCCNc1ccc(NC(=O)c2n[nH]c3c2C(NOCC)=CCC3)nn1. The Bertz CT molecular complexity index is 783. The summed E-state index contributed by atoms with van der Waals surface area (Å²) in [6, 6.07) is 3.48. The lowest BCUT2D eigenvalue weighted by molar-refractivity contribution is 0.0894. The van der Waals surface area contributed by atoms with Crippen LogP contribution in [0.2, 0.25) is 0 Å². The van der Waals surface area contributed by atoms with Crippen LogP contribution in [-0.2, 0) is 11.3 Å².